The maximum atomic E-state index is 12.2. The molecule has 0 heterocycles. The van der Waals surface area contributed by atoms with Gasteiger partial charge in [-0.15, -0.1) is 0 Å². The molecule has 0 aromatic heterocycles. The van der Waals surface area contributed by atoms with Gasteiger partial charge in [-0.25, -0.2) is 13.6 Å². The van der Waals surface area contributed by atoms with E-state index < -0.39 is 28.4 Å². The van der Waals surface area contributed by atoms with Crippen LogP contribution in [-0.2, 0) is 20.6 Å². The average molecular weight is 314 g/mol. The molecule has 0 saturated carbocycles. The molecule has 21 heavy (non-hydrogen) atoms. The number of hydrogen-bond acceptors (Lipinski definition) is 4. The van der Waals surface area contributed by atoms with Crippen LogP contribution in [0.1, 0.15) is 29.8 Å². The number of benzene rings is 1. The van der Waals surface area contributed by atoms with E-state index >= 15 is 0 Å². The molecule has 7 nitrogen and oxygen atoms in total. The quantitative estimate of drug-likeness (QED) is 0.788. The summed E-state index contributed by atoms with van der Waals surface area (Å²) in [6.07, 6.45) is 0. The maximum absolute atomic E-state index is 12.2. The predicted octanol–water partition coefficient (Wildman–Crippen LogP) is 0.410. The van der Waals surface area contributed by atoms with Crippen LogP contribution in [0.5, 0.6) is 0 Å². The molecule has 0 aliphatic heterocycles. The molecule has 8 heteroatoms. The minimum absolute atomic E-state index is 0.266. The highest BCUT2D eigenvalue weighted by Crippen LogP contribution is 2.11. The van der Waals surface area contributed by atoms with Gasteiger partial charge in [0.15, 0.2) is 0 Å². The molecule has 0 aliphatic carbocycles. The Morgan fingerprint density at radius 1 is 1.24 bits per heavy atom. The van der Waals surface area contributed by atoms with E-state index in [-0.39, 0.29) is 11.8 Å². The zero-order valence-electron chi connectivity index (χ0n) is 11.8. The molecule has 0 saturated heterocycles. The summed E-state index contributed by atoms with van der Waals surface area (Å²) in [6, 6.07) is 5.62. The molecule has 0 unspecified atom stereocenters. The Kier molecular flexibility index (Phi) is 5.45. The third kappa shape index (κ3) is 5.52. The smallest absolute Gasteiger partial charge is 0.323 e. The van der Waals surface area contributed by atoms with Gasteiger partial charge in [-0.1, -0.05) is 12.1 Å². The number of carbonyl (C=O) groups excluding carboxylic acids is 1. The molecule has 0 fully saturated rings. The number of carboxylic acid groups (broad SMARTS) is 1. The van der Waals surface area contributed by atoms with Crippen molar-refractivity contribution < 1.29 is 23.1 Å². The minimum Gasteiger partial charge on any atom is -0.480 e. The van der Waals surface area contributed by atoms with Gasteiger partial charge >= 0.3 is 5.97 Å². The van der Waals surface area contributed by atoms with Crippen LogP contribution < -0.4 is 5.14 Å². The van der Waals surface area contributed by atoms with Crippen LogP contribution in [0.15, 0.2) is 24.3 Å². The number of sulfonamides is 1. The average Bonchev–Trinajstić information content (AvgIpc) is 2.33. The van der Waals surface area contributed by atoms with Crippen LogP contribution in [0, 0.1) is 0 Å². The summed E-state index contributed by atoms with van der Waals surface area (Å²) in [4.78, 5) is 24.2. The van der Waals surface area contributed by atoms with Gasteiger partial charge in [0.05, 0.1) is 5.75 Å². The minimum atomic E-state index is -3.63. The van der Waals surface area contributed by atoms with Crippen molar-refractivity contribution in [3.8, 4) is 0 Å². The van der Waals surface area contributed by atoms with E-state index in [1.165, 1.54) is 29.2 Å². The summed E-state index contributed by atoms with van der Waals surface area (Å²) in [5.41, 5.74) is 0.756. The van der Waals surface area contributed by atoms with Crippen LogP contribution in [0.2, 0.25) is 0 Å². The van der Waals surface area contributed by atoms with Crippen molar-refractivity contribution in [2.75, 3.05) is 6.54 Å². The Morgan fingerprint density at radius 3 is 2.14 bits per heavy atom. The number of rotatable bonds is 6. The Hall–Kier alpha value is -1.93. The van der Waals surface area contributed by atoms with E-state index in [0.29, 0.717) is 11.1 Å². The molecular weight excluding hydrogens is 296 g/mol. The van der Waals surface area contributed by atoms with Crippen LogP contribution in [-0.4, -0.2) is 42.9 Å². The molecular formula is C13H18N2O5S. The maximum Gasteiger partial charge on any atom is 0.323 e. The molecule has 1 aromatic rings. The Balaban J connectivity index is 2.94. The monoisotopic (exact) mass is 314 g/mol. The van der Waals surface area contributed by atoms with Crippen molar-refractivity contribution in [3.63, 3.8) is 0 Å². The number of carboxylic acids is 1. The number of nitrogens with zero attached hydrogens (tertiary/aromatic N) is 1. The third-order valence-corrected chi connectivity index (χ3v) is 3.49. The fourth-order valence-corrected chi connectivity index (χ4v) is 2.43. The van der Waals surface area contributed by atoms with E-state index in [2.05, 4.69) is 0 Å². The number of hydrogen-bond donors (Lipinski definition) is 2. The van der Waals surface area contributed by atoms with Crippen molar-refractivity contribution >= 4 is 21.9 Å². The lowest BCUT2D eigenvalue weighted by Gasteiger charge is -2.25. The van der Waals surface area contributed by atoms with E-state index in [1.807, 2.05) is 0 Å². The van der Waals surface area contributed by atoms with Crippen molar-refractivity contribution in [1.29, 1.82) is 0 Å². The lowest BCUT2D eigenvalue weighted by atomic mass is 10.1. The van der Waals surface area contributed by atoms with Gasteiger partial charge in [-0.05, 0) is 31.5 Å². The van der Waals surface area contributed by atoms with Crippen molar-refractivity contribution in [2.45, 2.75) is 25.6 Å². The lowest BCUT2D eigenvalue weighted by molar-refractivity contribution is -0.138. The van der Waals surface area contributed by atoms with E-state index in [0.717, 1.165) is 0 Å². The van der Waals surface area contributed by atoms with Gasteiger partial charge in [0, 0.05) is 11.6 Å². The summed E-state index contributed by atoms with van der Waals surface area (Å²) in [6.45, 7) is 3.04. The second-order valence-corrected chi connectivity index (χ2v) is 6.54. The van der Waals surface area contributed by atoms with Gasteiger partial charge in [0.1, 0.15) is 6.54 Å². The van der Waals surface area contributed by atoms with Gasteiger partial charge in [0.2, 0.25) is 10.0 Å². The molecule has 1 amide bonds. The Labute approximate surface area is 123 Å². The van der Waals surface area contributed by atoms with Gasteiger partial charge in [-0.3, -0.25) is 9.59 Å². The first-order valence-corrected chi connectivity index (χ1v) is 7.94. The molecule has 0 radical (unpaired) electrons. The summed E-state index contributed by atoms with van der Waals surface area (Å²) >= 11 is 0. The number of nitrogens with two attached hydrogens (primary N) is 1. The highest BCUT2D eigenvalue weighted by Gasteiger charge is 2.21. The topological polar surface area (TPSA) is 118 Å². The molecule has 0 bridgehead atoms. The lowest BCUT2D eigenvalue weighted by Crippen LogP contribution is -2.40. The first-order valence-electron chi connectivity index (χ1n) is 6.22. The van der Waals surface area contributed by atoms with Gasteiger partial charge in [0.25, 0.3) is 5.91 Å². The molecule has 1 aromatic carbocycles. The van der Waals surface area contributed by atoms with Crippen LogP contribution in [0.25, 0.3) is 0 Å². The first kappa shape index (κ1) is 17.1. The first-order chi connectivity index (χ1) is 9.60. The molecule has 0 aliphatic rings. The summed E-state index contributed by atoms with van der Waals surface area (Å²) in [7, 11) is -3.63. The fourth-order valence-electron chi connectivity index (χ4n) is 1.78. The highest BCUT2D eigenvalue weighted by atomic mass is 32.2. The van der Waals surface area contributed by atoms with E-state index in [4.69, 9.17) is 10.2 Å². The van der Waals surface area contributed by atoms with Gasteiger partial charge in [-0.2, -0.15) is 0 Å². The normalized spacial score (nSPS) is 11.4. The molecule has 1 rings (SSSR count). The summed E-state index contributed by atoms with van der Waals surface area (Å²) in [5, 5.41) is 13.8. The summed E-state index contributed by atoms with van der Waals surface area (Å²) < 4.78 is 22.0. The Morgan fingerprint density at radius 2 is 1.76 bits per heavy atom. The fraction of sp³-hybridized carbons (Fsp3) is 0.385. The van der Waals surface area contributed by atoms with Crippen molar-refractivity contribution in [1.82, 2.24) is 4.90 Å². The molecule has 0 atom stereocenters. The molecule has 3 N–H and O–H groups in total. The predicted molar refractivity (Wildman–Crippen MR) is 77.1 cm³/mol. The van der Waals surface area contributed by atoms with Crippen molar-refractivity contribution in [3.05, 3.63) is 35.4 Å². The van der Waals surface area contributed by atoms with Crippen LogP contribution in [0.4, 0.5) is 0 Å². The highest BCUT2D eigenvalue weighted by molar-refractivity contribution is 7.88. The standard InChI is InChI=1S/C13H18N2O5S/c1-9(2)15(7-12(16)17)13(18)11-5-3-10(4-6-11)8-21(14,19)20/h3-6,9H,7-8H2,1-2H3,(H,16,17)(H2,14,19,20). The third-order valence-electron chi connectivity index (χ3n) is 2.76. The van der Waals surface area contributed by atoms with Crippen LogP contribution >= 0.6 is 0 Å². The zero-order valence-corrected chi connectivity index (χ0v) is 12.6. The second-order valence-electron chi connectivity index (χ2n) is 4.92. The largest absolute Gasteiger partial charge is 0.480 e. The van der Waals surface area contributed by atoms with E-state index in [1.54, 1.807) is 13.8 Å². The van der Waals surface area contributed by atoms with Crippen LogP contribution in [0.3, 0.4) is 0 Å². The number of primary sulfonamides is 1. The number of carbonyl (C=O) groups is 2. The van der Waals surface area contributed by atoms with E-state index in [9.17, 15) is 18.0 Å². The second kappa shape index (κ2) is 6.68. The van der Waals surface area contributed by atoms with Gasteiger partial charge < -0.3 is 10.0 Å². The SMILES string of the molecule is CC(C)N(CC(=O)O)C(=O)c1ccc(CS(N)(=O)=O)cc1. The zero-order chi connectivity index (χ0) is 16.2. The molecule has 116 valence electrons. The van der Waals surface area contributed by atoms with Crippen molar-refractivity contribution in [2.24, 2.45) is 5.14 Å². The number of amides is 1. The summed E-state index contributed by atoms with van der Waals surface area (Å²) in [5.74, 6) is -1.83. The number of aliphatic carboxylic acids is 1. The Bertz CT molecular complexity index is 622. The molecule has 0 spiro atoms.